The van der Waals surface area contributed by atoms with Crippen LogP contribution in [0.4, 0.5) is 0 Å². The van der Waals surface area contributed by atoms with Gasteiger partial charge in [0.05, 0.1) is 25.3 Å². The fourth-order valence-corrected chi connectivity index (χ4v) is 3.02. The van der Waals surface area contributed by atoms with Gasteiger partial charge in [0.15, 0.2) is 11.5 Å². The maximum atomic E-state index is 12.5. The summed E-state index contributed by atoms with van der Waals surface area (Å²) in [6, 6.07) is 12.3. The second kappa shape index (κ2) is 8.61. The molecule has 0 bridgehead atoms. The number of rotatable bonds is 8. The highest BCUT2D eigenvalue weighted by Crippen LogP contribution is 2.35. The van der Waals surface area contributed by atoms with Gasteiger partial charge in [0.2, 0.25) is 5.89 Å². The average Bonchev–Trinajstić information content (AvgIpc) is 3.16. The van der Waals surface area contributed by atoms with Crippen LogP contribution in [-0.4, -0.2) is 29.6 Å². The lowest BCUT2D eigenvalue weighted by atomic mass is 9.92. The first-order valence-electron chi connectivity index (χ1n) is 9.10. The van der Waals surface area contributed by atoms with Gasteiger partial charge in [-0.2, -0.15) is 0 Å². The number of benzene rings is 2. The van der Waals surface area contributed by atoms with Crippen LogP contribution in [0.1, 0.15) is 37.4 Å². The monoisotopic (exact) mass is 381 g/mol. The third-order valence-corrected chi connectivity index (χ3v) is 4.34. The number of carbonyl (C=O) groups is 1. The first-order valence-corrected chi connectivity index (χ1v) is 9.10. The number of phenolic OH excluding ortho intramolecular Hbond substituents is 1. The number of ketones is 1. The Morgan fingerprint density at radius 1 is 1.21 bits per heavy atom. The first-order chi connectivity index (χ1) is 13.5. The number of hydrogen-bond acceptors (Lipinski definition) is 6. The van der Waals surface area contributed by atoms with Crippen molar-refractivity contribution in [2.45, 2.75) is 26.2 Å². The molecule has 0 aliphatic carbocycles. The van der Waals surface area contributed by atoms with E-state index >= 15 is 0 Å². The van der Waals surface area contributed by atoms with Gasteiger partial charge in [-0.1, -0.05) is 25.1 Å². The maximum Gasteiger partial charge on any atom is 0.226 e. The zero-order valence-corrected chi connectivity index (χ0v) is 16.1. The summed E-state index contributed by atoms with van der Waals surface area (Å²) in [7, 11) is 1.48. The second-order valence-electron chi connectivity index (χ2n) is 6.39. The van der Waals surface area contributed by atoms with Crippen LogP contribution in [0, 0.1) is 0 Å². The molecule has 0 spiro atoms. The van der Waals surface area contributed by atoms with Crippen LogP contribution >= 0.6 is 0 Å². The van der Waals surface area contributed by atoms with E-state index in [1.165, 1.54) is 26.4 Å². The molecule has 28 heavy (non-hydrogen) atoms. The largest absolute Gasteiger partial charge is 0.504 e. The Hall–Kier alpha value is -3.28. The Kier molecular flexibility index (Phi) is 5.99. The number of hydrogen-bond donors (Lipinski definition) is 1. The smallest absolute Gasteiger partial charge is 0.226 e. The number of para-hydroxylation sites is 1. The number of Topliss-reactive ketones (excluding diaryl/α,β-unsaturated/α-hetero) is 1. The lowest BCUT2D eigenvalue weighted by molar-refractivity contribution is -0.117. The van der Waals surface area contributed by atoms with Gasteiger partial charge in [-0.15, -0.1) is 0 Å². The molecular formula is C22H23NO5. The molecule has 0 fully saturated rings. The highest BCUT2D eigenvalue weighted by molar-refractivity contribution is 5.87. The minimum Gasteiger partial charge on any atom is -0.504 e. The fraction of sp³-hybridized carbons (Fsp3) is 0.273. The topological polar surface area (TPSA) is 81.8 Å². The number of aromatic nitrogens is 1. The van der Waals surface area contributed by atoms with E-state index in [0.29, 0.717) is 35.3 Å². The molecule has 6 heteroatoms. The number of carbonyl (C=O) groups excluding carboxylic acids is 1. The Labute approximate surface area is 163 Å². The molecule has 2 aromatic carbocycles. The molecule has 6 nitrogen and oxygen atoms in total. The van der Waals surface area contributed by atoms with Crippen LogP contribution in [0.2, 0.25) is 0 Å². The zero-order valence-electron chi connectivity index (χ0n) is 16.1. The van der Waals surface area contributed by atoms with Gasteiger partial charge in [0, 0.05) is 11.1 Å². The van der Waals surface area contributed by atoms with Crippen LogP contribution in [0.25, 0.3) is 11.5 Å². The average molecular weight is 381 g/mol. The quantitative estimate of drug-likeness (QED) is 0.616. The standard InChI is InChI=1S/C22H23NO5/c1-4-11-27-19-8-6-5-7-16(19)21(14(2)24)17-13-28-22(23-17)15-9-10-20(26-3)18(25)12-15/h5-10,12-13,21,25H,4,11H2,1-3H3. The van der Waals surface area contributed by atoms with Crippen molar-refractivity contribution in [3.63, 3.8) is 0 Å². The molecular weight excluding hydrogens is 358 g/mol. The minimum atomic E-state index is -0.600. The van der Waals surface area contributed by atoms with E-state index in [-0.39, 0.29) is 11.5 Å². The fourth-order valence-electron chi connectivity index (χ4n) is 3.02. The van der Waals surface area contributed by atoms with E-state index in [0.717, 1.165) is 12.0 Å². The number of ether oxygens (including phenoxy) is 2. The SMILES string of the molecule is CCCOc1ccccc1C(C(C)=O)c1coc(-c2ccc(OC)c(O)c2)n1. The molecule has 1 aromatic heterocycles. The lowest BCUT2D eigenvalue weighted by Crippen LogP contribution is -2.13. The predicted octanol–water partition coefficient (Wildman–Crippen LogP) is 4.57. The summed E-state index contributed by atoms with van der Waals surface area (Å²) >= 11 is 0. The lowest BCUT2D eigenvalue weighted by Gasteiger charge is -2.16. The molecule has 3 rings (SSSR count). The third kappa shape index (κ3) is 4.01. The summed E-state index contributed by atoms with van der Waals surface area (Å²) in [5.74, 6) is 0.657. The molecule has 0 radical (unpaired) electrons. The van der Waals surface area contributed by atoms with E-state index in [9.17, 15) is 9.90 Å². The molecule has 0 amide bonds. The van der Waals surface area contributed by atoms with E-state index in [1.54, 1.807) is 12.1 Å². The normalized spacial score (nSPS) is 11.8. The zero-order chi connectivity index (χ0) is 20.1. The molecule has 1 heterocycles. The van der Waals surface area contributed by atoms with E-state index in [2.05, 4.69) is 4.98 Å². The van der Waals surface area contributed by atoms with Crippen molar-refractivity contribution in [2.75, 3.05) is 13.7 Å². The van der Waals surface area contributed by atoms with Crippen LogP contribution in [0.5, 0.6) is 17.2 Å². The van der Waals surface area contributed by atoms with E-state index in [1.807, 2.05) is 31.2 Å². The first kappa shape index (κ1) is 19.5. The highest BCUT2D eigenvalue weighted by Gasteiger charge is 2.26. The van der Waals surface area contributed by atoms with Gasteiger partial charge >= 0.3 is 0 Å². The van der Waals surface area contributed by atoms with Gasteiger partial charge in [-0.05, 0) is 37.6 Å². The van der Waals surface area contributed by atoms with Crippen molar-refractivity contribution in [2.24, 2.45) is 0 Å². The van der Waals surface area contributed by atoms with E-state index in [4.69, 9.17) is 13.9 Å². The van der Waals surface area contributed by atoms with Gasteiger partial charge in [-0.3, -0.25) is 4.79 Å². The summed E-state index contributed by atoms with van der Waals surface area (Å²) in [5, 5.41) is 9.99. The van der Waals surface area contributed by atoms with Gasteiger partial charge < -0.3 is 19.0 Å². The summed E-state index contributed by atoms with van der Waals surface area (Å²) in [5.41, 5.74) is 1.83. The summed E-state index contributed by atoms with van der Waals surface area (Å²) in [6.45, 7) is 4.12. The minimum absolute atomic E-state index is 0.0128. The van der Waals surface area contributed by atoms with Gasteiger partial charge in [-0.25, -0.2) is 4.98 Å². The van der Waals surface area contributed by atoms with Crippen LogP contribution in [0.15, 0.2) is 53.1 Å². The van der Waals surface area contributed by atoms with Crippen molar-refractivity contribution in [1.29, 1.82) is 0 Å². The molecule has 1 N–H and O–H groups in total. The Morgan fingerprint density at radius 2 is 2.00 bits per heavy atom. The summed E-state index contributed by atoms with van der Waals surface area (Å²) in [6.07, 6.45) is 2.34. The van der Waals surface area contributed by atoms with Crippen molar-refractivity contribution in [1.82, 2.24) is 4.98 Å². The van der Waals surface area contributed by atoms with Gasteiger partial charge in [0.25, 0.3) is 0 Å². The molecule has 146 valence electrons. The summed E-state index contributed by atoms with van der Waals surface area (Å²) in [4.78, 5) is 17.0. The van der Waals surface area contributed by atoms with Crippen molar-refractivity contribution >= 4 is 5.78 Å². The molecule has 1 unspecified atom stereocenters. The predicted molar refractivity (Wildman–Crippen MR) is 105 cm³/mol. The number of nitrogens with zero attached hydrogens (tertiary/aromatic N) is 1. The molecule has 1 atom stereocenters. The Balaban J connectivity index is 1.97. The van der Waals surface area contributed by atoms with Crippen LogP contribution in [0.3, 0.4) is 0 Å². The number of oxazole rings is 1. The van der Waals surface area contributed by atoms with Crippen molar-refractivity contribution in [3.8, 4) is 28.7 Å². The molecule has 3 aromatic rings. The van der Waals surface area contributed by atoms with Crippen LogP contribution in [-0.2, 0) is 4.79 Å². The second-order valence-corrected chi connectivity index (χ2v) is 6.39. The Morgan fingerprint density at radius 3 is 2.68 bits per heavy atom. The molecule has 0 aliphatic heterocycles. The number of aromatic hydroxyl groups is 1. The van der Waals surface area contributed by atoms with Crippen molar-refractivity contribution < 1.29 is 23.8 Å². The molecule has 0 aliphatic rings. The maximum absolute atomic E-state index is 12.5. The number of methoxy groups -OCH3 is 1. The van der Waals surface area contributed by atoms with Crippen molar-refractivity contribution in [3.05, 3.63) is 60.0 Å². The summed E-state index contributed by atoms with van der Waals surface area (Å²) < 4.78 is 16.5. The van der Waals surface area contributed by atoms with E-state index < -0.39 is 5.92 Å². The number of phenols is 1. The van der Waals surface area contributed by atoms with Gasteiger partial charge in [0.1, 0.15) is 17.8 Å². The van der Waals surface area contributed by atoms with Crippen LogP contribution < -0.4 is 9.47 Å². The molecule has 0 saturated carbocycles. The Bertz CT molecular complexity index is 963. The highest BCUT2D eigenvalue weighted by atomic mass is 16.5. The third-order valence-electron chi connectivity index (χ3n) is 4.34. The molecule has 0 saturated heterocycles.